The van der Waals surface area contributed by atoms with Crippen LogP contribution in [0.25, 0.3) is 11.4 Å². The van der Waals surface area contributed by atoms with Crippen LogP contribution in [0.4, 0.5) is 0 Å². The third-order valence-electron chi connectivity index (χ3n) is 4.88. The lowest BCUT2D eigenvalue weighted by Gasteiger charge is -2.25. The molecule has 27 heavy (non-hydrogen) atoms. The van der Waals surface area contributed by atoms with E-state index in [0.717, 1.165) is 24.9 Å². The number of likely N-dealkylation sites (tertiary alicyclic amines) is 1. The molecule has 2 aromatic carbocycles. The maximum absolute atomic E-state index is 13.2. The molecule has 0 aliphatic carbocycles. The van der Waals surface area contributed by atoms with Gasteiger partial charge in [0.1, 0.15) is 6.61 Å². The number of hydrogen-bond acceptors (Lipinski definition) is 4. The first-order chi connectivity index (χ1) is 13.3. The largest absolute Gasteiger partial charge is 0.377 e. The Kier molecular flexibility index (Phi) is 4.98. The zero-order chi connectivity index (χ0) is 18.6. The average molecular weight is 362 g/mol. The molecule has 0 spiro atoms. The van der Waals surface area contributed by atoms with Crippen molar-refractivity contribution < 1.29 is 9.53 Å². The van der Waals surface area contributed by atoms with Crippen LogP contribution in [0.3, 0.4) is 0 Å². The van der Waals surface area contributed by atoms with Crippen molar-refractivity contribution in [1.82, 2.24) is 20.1 Å². The molecule has 1 amide bonds. The molecule has 1 atom stereocenters. The average Bonchev–Trinajstić information content (AvgIpc) is 3.38. The molecule has 1 aromatic heterocycles. The number of ether oxygens (including phenoxy) is 1. The third-order valence-corrected chi connectivity index (χ3v) is 4.88. The summed E-state index contributed by atoms with van der Waals surface area (Å²) in [6.45, 7) is 1.15. The Labute approximate surface area is 158 Å². The third kappa shape index (κ3) is 3.61. The Morgan fingerprint density at radius 2 is 2.07 bits per heavy atom. The highest BCUT2D eigenvalue weighted by Crippen LogP contribution is 2.33. The van der Waals surface area contributed by atoms with Gasteiger partial charge in [0.05, 0.1) is 6.04 Å². The molecule has 1 N–H and O–H groups in total. The highest BCUT2D eigenvalue weighted by Gasteiger charge is 2.30. The van der Waals surface area contributed by atoms with Gasteiger partial charge in [0.25, 0.3) is 5.91 Å². The quantitative estimate of drug-likeness (QED) is 0.753. The minimum Gasteiger partial charge on any atom is -0.377 e. The second kappa shape index (κ2) is 7.72. The number of H-pyrrole nitrogens is 1. The number of hydrogen-bond donors (Lipinski definition) is 1. The SMILES string of the molecule is COCc1nc(-c2cccc(C(=O)N3CCC[C@@H]3c3ccccc3)c2)n[nH]1. The number of aromatic nitrogens is 3. The number of methoxy groups -OCH3 is 1. The van der Waals surface area contributed by atoms with Crippen LogP contribution in [0.1, 0.15) is 40.6 Å². The van der Waals surface area contributed by atoms with Crippen LogP contribution in [0, 0.1) is 0 Å². The molecule has 0 unspecified atom stereocenters. The molecular weight excluding hydrogens is 340 g/mol. The number of aromatic amines is 1. The molecule has 3 aromatic rings. The van der Waals surface area contributed by atoms with Crippen LogP contribution in [0.2, 0.25) is 0 Å². The van der Waals surface area contributed by atoms with E-state index in [4.69, 9.17) is 4.74 Å². The number of nitrogens with one attached hydrogen (secondary N) is 1. The zero-order valence-electron chi connectivity index (χ0n) is 15.3. The van der Waals surface area contributed by atoms with Crippen LogP contribution in [0.15, 0.2) is 54.6 Å². The van der Waals surface area contributed by atoms with Crippen molar-refractivity contribution in [2.24, 2.45) is 0 Å². The monoisotopic (exact) mass is 362 g/mol. The standard InChI is InChI=1S/C21H22N4O2/c1-27-14-19-22-20(24-23-19)16-9-5-10-17(13-16)21(26)25-12-6-11-18(25)15-7-3-2-4-8-15/h2-5,7-10,13,18H,6,11-12,14H2,1H3,(H,22,23,24)/t18-/m1/s1. The maximum Gasteiger partial charge on any atom is 0.254 e. The molecular formula is C21H22N4O2. The van der Waals surface area contributed by atoms with Gasteiger partial charge in [-0.2, -0.15) is 5.10 Å². The second-order valence-corrected chi connectivity index (χ2v) is 6.69. The number of rotatable bonds is 5. The van der Waals surface area contributed by atoms with Gasteiger partial charge in [-0.05, 0) is 30.5 Å². The van der Waals surface area contributed by atoms with Gasteiger partial charge >= 0.3 is 0 Å². The summed E-state index contributed by atoms with van der Waals surface area (Å²) in [6, 6.07) is 17.9. The van der Waals surface area contributed by atoms with Crippen LogP contribution in [-0.2, 0) is 11.3 Å². The molecule has 1 fully saturated rings. The summed E-state index contributed by atoms with van der Waals surface area (Å²) in [6.07, 6.45) is 2.02. The number of carbonyl (C=O) groups is 1. The summed E-state index contributed by atoms with van der Waals surface area (Å²) in [5.74, 6) is 1.28. The van der Waals surface area contributed by atoms with Crippen LogP contribution in [-0.4, -0.2) is 39.6 Å². The van der Waals surface area contributed by atoms with Gasteiger partial charge in [-0.3, -0.25) is 9.89 Å². The molecule has 0 radical (unpaired) electrons. The van der Waals surface area contributed by atoms with Crippen molar-refractivity contribution in [1.29, 1.82) is 0 Å². The van der Waals surface area contributed by atoms with E-state index < -0.39 is 0 Å². The van der Waals surface area contributed by atoms with E-state index in [1.54, 1.807) is 7.11 Å². The molecule has 1 aliphatic heterocycles. The molecule has 0 bridgehead atoms. The fourth-order valence-electron chi connectivity index (χ4n) is 3.61. The molecule has 2 heterocycles. The lowest BCUT2D eigenvalue weighted by molar-refractivity contribution is 0.0735. The lowest BCUT2D eigenvalue weighted by atomic mass is 10.0. The molecule has 0 saturated carbocycles. The Hall–Kier alpha value is -2.99. The summed E-state index contributed by atoms with van der Waals surface area (Å²) >= 11 is 0. The minimum absolute atomic E-state index is 0.0517. The van der Waals surface area contributed by atoms with E-state index in [2.05, 4.69) is 27.3 Å². The van der Waals surface area contributed by atoms with Crippen molar-refractivity contribution >= 4 is 5.91 Å². The van der Waals surface area contributed by atoms with Crippen LogP contribution >= 0.6 is 0 Å². The molecule has 1 saturated heterocycles. The van der Waals surface area contributed by atoms with Crippen molar-refractivity contribution in [3.8, 4) is 11.4 Å². The van der Waals surface area contributed by atoms with Crippen LogP contribution in [0.5, 0.6) is 0 Å². The van der Waals surface area contributed by atoms with E-state index in [0.29, 0.717) is 23.8 Å². The molecule has 1 aliphatic rings. The number of benzene rings is 2. The van der Waals surface area contributed by atoms with E-state index in [1.807, 2.05) is 47.4 Å². The van der Waals surface area contributed by atoms with E-state index >= 15 is 0 Å². The summed E-state index contributed by atoms with van der Waals surface area (Å²) in [5, 5.41) is 7.08. The van der Waals surface area contributed by atoms with Gasteiger partial charge in [0, 0.05) is 24.8 Å². The Morgan fingerprint density at radius 3 is 2.89 bits per heavy atom. The maximum atomic E-state index is 13.2. The van der Waals surface area contributed by atoms with Gasteiger partial charge in [0.15, 0.2) is 11.6 Å². The van der Waals surface area contributed by atoms with E-state index in [9.17, 15) is 4.79 Å². The Morgan fingerprint density at radius 1 is 1.22 bits per heavy atom. The second-order valence-electron chi connectivity index (χ2n) is 6.69. The lowest BCUT2D eigenvalue weighted by Crippen LogP contribution is -2.30. The predicted octanol–water partition coefficient (Wildman–Crippen LogP) is 3.60. The van der Waals surface area contributed by atoms with Crippen molar-refractivity contribution in [2.75, 3.05) is 13.7 Å². The normalized spacial score (nSPS) is 16.6. The summed E-state index contributed by atoms with van der Waals surface area (Å²) in [7, 11) is 1.61. The number of carbonyl (C=O) groups excluding carboxylic acids is 1. The summed E-state index contributed by atoms with van der Waals surface area (Å²) in [5.41, 5.74) is 2.67. The number of nitrogens with zero attached hydrogens (tertiary/aromatic N) is 3. The zero-order valence-corrected chi connectivity index (χ0v) is 15.3. The molecule has 138 valence electrons. The topological polar surface area (TPSA) is 71.1 Å². The molecule has 6 nitrogen and oxygen atoms in total. The molecule has 4 rings (SSSR count). The smallest absolute Gasteiger partial charge is 0.254 e. The minimum atomic E-state index is 0.0517. The Bertz CT molecular complexity index is 923. The fourth-order valence-corrected chi connectivity index (χ4v) is 3.61. The van der Waals surface area contributed by atoms with Crippen LogP contribution < -0.4 is 0 Å². The first kappa shape index (κ1) is 17.4. The van der Waals surface area contributed by atoms with Gasteiger partial charge in [-0.25, -0.2) is 4.98 Å². The van der Waals surface area contributed by atoms with Crippen molar-refractivity contribution in [2.45, 2.75) is 25.5 Å². The van der Waals surface area contributed by atoms with Gasteiger partial charge in [-0.15, -0.1) is 0 Å². The van der Waals surface area contributed by atoms with E-state index in [1.165, 1.54) is 5.56 Å². The highest BCUT2D eigenvalue weighted by atomic mass is 16.5. The fraction of sp³-hybridized carbons (Fsp3) is 0.286. The number of amides is 1. The summed E-state index contributed by atoms with van der Waals surface area (Å²) < 4.78 is 5.07. The van der Waals surface area contributed by atoms with Gasteiger partial charge in [-0.1, -0.05) is 42.5 Å². The highest BCUT2D eigenvalue weighted by molar-refractivity contribution is 5.95. The first-order valence-electron chi connectivity index (χ1n) is 9.13. The van der Waals surface area contributed by atoms with Crippen molar-refractivity contribution in [3.05, 3.63) is 71.5 Å². The first-order valence-corrected chi connectivity index (χ1v) is 9.13. The van der Waals surface area contributed by atoms with Crippen molar-refractivity contribution in [3.63, 3.8) is 0 Å². The Balaban J connectivity index is 1.58. The van der Waals surface area contributed by atoms with Gasteiger partial charge < -0.3 is 9.64 Å². The van der Waals surface area contributed by atoms with Gasteiger partial charge in [0.2, 0.25) is 0 Å². The summed E-state index contributed by atoms with van der Waals surface area (Å²) in [4.78, 5) is 19.6. The van der Waals surface area contributed by atoms with E-state index in [-0.39, 0.29) is 11.9 Å². The molecule has 6 heteroatoms. The predicted molar refractivity (Wildman–Crippen MR) is 102 cm³/mol.